The van der Waals surface area contributed by atoms with Crippen LogP contribution in [0.4, 0.5) is 4.39 Å². The van der Waals surface area contributed by atoms with Gasteiger partial charge >= 0.3 is 5.97 Å². The monoisotopic (exact) mass is 293 g/mol. The van der Waals surface area contributed by atoms with E-state index in [1.807, 2.05) is 0 Å². The van der Waals surface area contributed by atoms with Crippen LogP contribution in [0.3, 0.4) is 0 Å². The maximum absolute atomic E-state index is 12.8. The molecule has 21 heavy (non-hydrogen) atoms. The Bertz CT molecular complexity index is 592. The first-order valence-corrected chi connectivity index (χ1v) is 6.40. The molecule has 0 aromatic heterocycles. The maximum Gasteiger partial charge on any atom is 0.377 e. The minimum Gasteiger partial charge on any atom is -0.445 e. The van der Waals surface area contributed by atoms with Crippen molar-refractivity contribution in [3.8, 4) is 0 Å². The highest BCUT2D eigenvalue weighted by Crippen LogP contribution is 2.26. The van der Waals surface area contributed by atoms with Crippen LogP contribution in [-0.2, 0) is 25.6 Å². The molecule has 1 aliphatic rings. The minimum atomic E-state index is -1.06. The number of carbonyl (C=O) groups is 2. The summed E-state index contributed by atoms with van der Waals surface area (Å²) >= 11 is 0. The van der Waals surface area contributed by atoms with Crippen LogP contribution in [0.25, 0.3) is 0 Å². The molecule has 5 nitrogen and oxygen atoms in total. The largest absolute Gasteiger partial charge is 0.445 e. The van der Waals surface area contributed by atoms with E-state index in [2.05, 4.69) is 0 Å². The highest BCUT2D eigenvalue weighted by Gasteiger charge is 2.37. The van der Waals surface area contributed by atoms with Gasteiger partial charge in [0.25, 0.3) is 5.91 Å². The number of rotatable bonds is 3. The summed E-state index contributed by atoms with van der Waals surface area (Å²) in [6.07, 6.45) is 1.10. The quantitative estimate of drug-likeness (QED) is 0.631. The van der Waals surface area contributed by atoms with E-state index in [1.54, 1.807) is 33.0 Å². The smallest absolute Gasteiger partial charge is 0.377 e. The Morgan fingerprint density at radius 2 is 1.90 bits per heavy atom. The van der Waals surface area contributed by atoms with E-state index < -0.39 is 17.7 Å². The zero-order valence-corrected chi connectivity index (χ0v) is 12.1. The van der Waals surface area contributed by atoms with Gasteiger partial charge in [-0.3, -0.25) is 4.79 Å². The molecule has 1 aromatic carbocycles. The van der Waals surface area contributed by atoms with E-state index in [-0.39, 0.29) is 11.6 Å². The average molecular weight is 293 g/mol. The van der Waals surface area contributed by atoms with Crippen molar-refractivity contribution in [3.05, 3.63) is 47.5 Å². The van der Waals surface area contributed by atoms with Crippen molar-refractivity contribution < 1.29 is 23.5 Å². The third kappa shape index (κ3) is 3.81. The number of hydrogen-bond donors (Lipinski definition) is 0. The van der Waals surface area contributed by atoms with Crippen LogP contribution in [0, 0.1) is 5.82 Å². The molecule has 6 heteroatoms. The van der Waals surface area contributed by atoms with Gasteiger partial charge in [0.2, 0.25) is 11.5 Å². The molecule has 1 fully saturated rings. The second-order valence-corrected chi connectivity index (χ2v) is 5.22. The number of nitrogens with zero attached hydrogens (tertiary/aromatic N) is 1. The van der Waals surface area contributed by atoms with Crippen LogP contribution in [-0.4, -0.2) is 29.6 Å². The molecule has 0 N–H and O–H groups in total. The first kappa shape index (κ1) is 15.0. The highest BCUT2D eigenvalue weighted by atomic mass is 19.1. The van der Waals surface area contributed by atoms with Gasteiger partial charge in [-0.25, -0.2) is 9.18 Å². The molecular formula is C15H16FNO4. The van der Waals surface area contributed by atoms with Crippen molar-refractivity contribution in [2.75, 3.05) is 7.05 Å². The number of likely N-dealkylation sites (N-methyl/N-ethyl adjacent to an activating group) is 1. The minimum absolute atomic E-state index is 0.115. The first-order chi connectivity index (χ1) is 9.77. The third-order valence-electron chi connectivity index (χ3n) is 2.86. The molecule has 1 aromatic rings. The standard InChI is InChI=1S/C15H16FNO4/c1-15(2)20-12(14(19)21-15)8-13(18)17(3)9-10-4-6-11(16)7-5-10/h4-8H,9H2,1-3H3/b12-8-. The normalized spacial score (nSPS) is 18.3. The fraction of sp³-hybridized carbons (Fsp3) is 0.333. The lowest BCUT2D eigenvalue weighted by atomic mass is 10.2. The molecule has 0 saturated carbocycles. The summed E-state index contributed by atoms with van der Waals surface area (Å²) < 4.78 is 23.0. The predicted molar refractivity (Wildman–Crippen MR) is 72.2 cm³/mol. The zero-order chi connectivity index (χ0) is 15.6. The lowest BCUT2D eigenvalue weighted by Crippen LogP contribution is -2.25. The van der Waals surface area contributed by atoms with Gasteiger partial charge in [-0.1, -0.05) is 12.1 Å². The Hall–Kier alpha value is -2.37. The number of halogens is 1. The van der Waals surface area contributed by atoms with Crippen molar-refractivity contribution in [2.45, 2.75) is 26.2 Å². The molecule has 1 saturated heterocycles. The summed E-state index contributed by atoms with van der Waals surface area (Å²) in [5.41, 5.74) is 0.779. The van der Waals surface area contributed by atoms with Crippen LogP contribution < -0.4 is 0 Å². The Balaban J connectivity index is 2.03. The summed E-state index contributed by atoms with van der Waals surface area (Å²) in [4.78, 5) is 24.9. The first-order valence-electron chi connectivity index (χ1n) is 6.40. The fourth-order valence-corrected chi connectivity index (χ4v) is 1.85. The highest BCUT2D eigenvalue weighted by molar-refractivity contribution is 5.97. The summed E-state index contributed by atoms with van der Waals surface area (Å²) in [7, 11) is 1.58. The Labute approximate surface area is 121 Å². The molecule has 0 bridgehead atoms. The Morgan fingerprint density at radius 3 is 2.43 bits per heavy atom. The fourth-order valence-electron chi connectivity index (χ4n) is 1.85. The van der Waals surface area contributed by atoms with E-state index in [0.717, 1.165) is 11.6 Å². The summed E-state index contributed by atoms with van der Waals surface area (Å²) in [6.45, 7) is 3.46. The van der Waals surface area contributed by atoms with Crippen molar-refractivity contribution in [2.24, 2.45) is 0 Å². The van der Waals surface area contributed by atoms with Gasteiger partial charge in [0.15, 0.2) is 0 Å². The topological polar surface area (TPSA) is 55.8 Å². The molecule has 0 radical (unpaired) electrons. The predicted octanol–water partition coefficient (Wildman–Crippen LogP) is 1.98. The van der Waals surface area contributed by atoms with Crippen molar-refractivity contribution in [3.63, 3.8) is 0 Å². The molecule has 0 unspecified atom stereocenters. The maximum atomic E-state index is 12.8. The van der Waals surface area contributed by atoms with E-state index in [4.69, 9.17) is 9.47 Å². The Kier molecular flexibility index (Phi) is 3.97. The van der Waals surface area contributed by atoms with E-state index >= 15 is 0 Å². The lowest BCUT2D eigenvalue weighted by Gasteiger charge is -2.16. The van der Waals surface area contributed by atoms with Crippen LogP contribution in [0.1, 0.15) is 19.4 Å². The molecular weight excluding hydrogens is 277 g/mol. The molecule has 1 aliphatic heterocycles. The molecule has 112 valence electrons. The molecule has 0 atom stereocenters. The lowest BCUT2D eigenvalue weighted by molar-refractivity contribution is -0.159. The van der Waals surface area contributed by atoms with Crippen LogP contribution >= 0.6 is 0 Å². The number of esters is 1. The SMILES string of the molecule is CN(Cc1ccc(F)cc1)C(=O)/C=C1\OC(C)(C)OC1=O. The van der Waals surface area contributed by atoms with Gasteiger partial charge in [-0.2, -0.15) is 0 Å². The summed E-state index contributed by atoms with van der Waals surface area (Å²) in [6, 6.07) is 5.84. The van der Waals surface area contributed by atoms with E-state index in [9.17, 15) is 14.0 Å². The van der Waals surface area contributed by atoms with Gasteiger partial charge < -0.3 is 14.4 Å². The van der Waals surface area contributed by atoms with Crippen molar-refractivity contribution in [1.82, 2.24) is 4.90 Å². The van der Waals surface area contributed by atoms with Crippen LogP contribution in [0.15, 0.2) is 36.1 Å². The molecule has 0 spiro atoms. The van der Waals surface area contributed by atoms with Crippen molar-refractivity contribution >= 4 is 11.9 Å². The van der Waals surface area contributed by atoms with E-state index in [0.29, 0.717) is 6.54 Å². The number of hydrogen-bond acceptors (Lipinski definition) is 4. The summed E-state index contributed by atoms with van der Waals surface area (Å²) in [5, 5.41) is 0. The number of cyclic esters (lactones) is 1. The second kappa shape index (κ2) is 5.55. The van der Waals surface area contributed by atoms with Gasteiger partial charge in [-0.05, 0) is 17.7 Å². The molecule has 0 aliphatic carbocycles. The zero-order valence-electron chi connectivity index (χ0n) is 12.1. The molecule has 2 rings (SSSR count). The van der Waals surface area contributed by atoms with E-state index in [1.165, 1.54) is 17.0 Å². The average Bonchev–Trinajstić information content (AvgIpc) is 2.65. The van der Waals surface area contributed by atoms with Gasteiger partial charge in [-0.15, -0.1) is 0 Å². The van der Waals surface area contributed by atoms with Gasteiger partial charge in [0.05, 0.1) is 6.08 Å². The molecule has 1 heterocycles. The van der Waals surface area contributed by atoms with Crippen molar-refractivity contribution in [1.29, 1.82) is 0 Å². The third-order valence-corrected chi connectivity index (χ3v) is 2.86. The number of ether oxygens (including phenoxy) is 2. The van der Waals surface area contributed by atoms with Crippen LogP contribution in [0.2, 0.25) is 0 Å². The Morgan fingerprint density at radius 1 is 1.29 bits per heavy atom. The summed E-state index contributed by atoms with van der Waals surface area (Å²) in [5.74, 6) is -2.57. The molecule has 1 amide bonds. The van der Waals surface area contributed by atoms with Crippen LogP contribution in [0.5, 0.6) is 0 Å². The number of amides is 1. The van der Waals surface area contributed by atoms with Gasteiger partial charge in [0, 0.05) is 27.4 Å². The number of benzene rings is 1. The van der Waals surface area contributed by atoms with Gasteiger partial charge in [0.1, 0.15) is 5.82 Å². The second-order valence-electron chi connectivity index (χ2n) is 5.22. The number of carbonyl (C=O) groups excluding carboxylic acids is 2.